The van der Waals surface area contributed by atoms with Gasteiger partial charge >= 0.3 is 6.18 Å². The molecule has 0 radical (unpaired) electrons. The maximum atomic E-state index is 12.8. The lowest BCUT2D eigenvalue weighted by Crippen LogP contribution is -2.40. The van der Waals surface area contributed by atoms with Crippen LogP contribution < -0.4 is 16.4 Å². The van der Waals surface area contributed by atoms with Crippen LogP contribution in [0, 0.1) is 11.3 Å². The van der Waals surface area contributed by atoms with E-state index in [9.17, 15) is 18.0 Å². The Kier molecular flexibility index (Phi) is 5.74. The van der Waals surface area contributed by atoms with Gasteiger partial charge in [-0.2, -0.15) is 18.3 Å². The number of anilines is 2. The average Bonchev–Trinajstić information content (AvgIpc) is 3.44. The van der Waals surface area contributed by atoms with Crippen LogP contribution >= 0.6 is 0 Å². The van der Waals surface area contributed by atoms with Crippen molar-refractivity contribution in [2.24, 2.45) is 11.7 Å². The minimum atomic E-state index is -4.42. The lowest BCUT2D eigenvalue weighted by Gasteiger charge is -2.34. The Balaban J connectivity index is 1.53. The fourth-order valence-corrected chi connectivity index (χ4v) is 4.15. The Hall–Kier alpha value is -2.88. The second-order valence-corrected chi connectivity index (χ2v) is 8.28. The van der Waals surface area contributed by atoms with Crippen molar-refractivity contribution in [1.29, 1.82) is 5.41 Å². The van der Waals surface area contributed by atoms with E-state index in [1.54, 1.807) is 10.9 Å². The van der Waals surface area contributed by atoms with Gasteiger partial charge < -0.3 is 21.8 Å². The van der Waals surface area contributed by atoms with E-state index in [-0.39, 0.29) is 23.3 Å². The molecule has 0 spiro atoms. The number of primary amides is 1. The van der Waals surface area contributed by atoms with Crippen molar-refractivity contribution in [3.05, 3.63) is 41.6 Å². The summed E-state index contributed by atoms with van der Waals surface area (Å²) in [6.07, 6.45) is 3.53. The summed E-state index contributed by atoms with van der Waals surface area (Å²) in [5, 5.41) is 18.9. The summed E-state index contributed by atoms with van der Waals surface area (Å²) in [5.41, 5.74) is 5.26. The number of hydrogen-bond acceptors (Lipinski definition) is 5. The van der Waals surface area contributed by atoms with Crippen molar-refractivity contribution in [3.8, 4) is 0 Å². The zero-order valence-electron chi connectivity index (χ0n) is 16.8. The molecule has 166 valence electrons. The van der Waals surface area contributed by atoms with Crippen LogP contribution in [0.15, 0.2) is 30.5 Å². The third kappa shape index (κ3) is 4.90. The van der Waals surface area contributed by atoms with Crippen molar-refractivity contribution < 1.29 is 18.0 Å². The number of benzene rings is 1. The summed E-state index contributed by atoms with van der Waals surface area (Å²) in [5.74, 6) is -0.532. The molecule has 7 nitrogen and oxygen atoms in total. The van der Waals surface area contributed by atoms with E-state index in [0.717, 1.165) is 31.4 Å². The maximum absolute atomic E-state index is 12.8. The van der Waals surface area contributed by atoms with E-state index < -0.39 is 17.6 Å². The molecule has 0 aliphatic heterocycles. The number of carbonyl (C=O) groups excluding carboxylic acids is 1. The summed E-state index contributed by atoms with van der Waals surface area (Å²) >= 11 is 0. The third-order valence-electron chi connectivity index (χ3n) is 5.94. The molecule has 0 bridgehead atoms. The summed E-state index contributed by atoms with van der Waals surface area (Å²) in [6.45, 7) is 0. The maximum Gasteiger partial charge on any atom is 0.416 e. The predicted octanol–water partition coefficient (Wildman–Crippen LogP) is 3.86. The SMILES string of the molecule is N=C[C@H]1C[C@H](NC2CC2)CC[C@@H]1n1cc(C(N)=O)c(Nc2ccc(C(F)(F)F)cc2)n1. The largest absolute Gasteiger partial charge is 0.416 e. The minimum absolute atomic E-state index is 0.0375. The Labute approximate surface area is 177 Å². The van der Waals surface area contributed by atoms with Crippen molar-refractivity contribution in [3.63, 3.8) is 0 Å². The van der Waals surface area contributed by atoms with Crippen LogP contribution in [0.3, 0.4) is 0 Å². The van der Waals surface area contributed by atoms with Gasteiger partial charge in [0.25, 0.3) is 5.91 Å². The van der Waals surface area contributed by atoms with Crippen LogP contribution in [-0.4, -0.2) is 34.0 Å². The second-order valence-electron chi connectivity index (χ2n) is 8.28. The molecule has 0 unspecified atom stereocenters. The molecule has 5 N–H and O–H groups in total. The van der Waals surface area contributed by atoms with Gasteiger partial charge in [0, 0.05) is 36.1 Å². The number of nitrogens with two attached hydrogens (primary N) is 1. The highest BCUT2D eigenvalue weighted by atomic mass is 19.4. The highest BCUT2D eigenvalue weighted by molar-refractivity contribution is 5.98. The number of halogens is 3. The quantitative estimate of drug-likeness (QED) is 0.496. The first kappa shape index (κ1) is 21.4. The molecular formula is C21H25F3N6O. The molecular weight excluding hydrogens is 409 g/mol. The molecule has 0 saturated heterocycles. The highest BCUT2D eigenvalue weighted by Gasteiger charge is 2.35. The van der Waals surface area contributed by atoms with E-state index in [4.69, 9.17) is 11.1 Å². The topological polar surface area (TPSA) is 109 Å². The van der Waals surface area contributed by atoms with Gasteiger partial charge in [-0.1, -0.05) is 0 Å². The molecule has 2 aromatic rings. The molecule has 2 fully saturated rings. The van der Waals surface area contributed by atoms with Crippen LogP contribution in [0.5, 0.6) is 0 Å². The zero-order chi connectivity index (χ0) is 22.2. The number of aromatic nitrogens is 2. The van der Waals surface area contributed by atoms with Gasteiger partial charge in [0.05, 0.1) is 11.6 Å². The van der Waals surface area contributed by atoms with Gasteiger partial charge in [0.15, 0.2) is 5.82 Å². The molecule has 3 atom stereocenters. The van der Waals surface area contributed by atoms with Gasteiger partial charge in [-0.3, -0.25) is 9.48 Å². The van der Waals surface area contributed by atoms with E-state index in [2.05, 4.69) is 15.7 Å². The molecule has 2 saturated carbocycles. The first-order chi connectivity index (χ1) is 14.7. The molecule has 1 amide bonds. The van der Waals surface area contributed by atoms with Crippen LogP contribution in [0.4, 0.5) is 24.7 Å². The molecule has 31 heavy (non-hydrogen) atoms. The van der Waals surface area contributed by atoms with Crippen molar-refractivity contribution >= 4 is 23.6 Å². The average molecular weight is 434 g/mol. The fourth-order valence-electron chi connectivity index (χ4n) is 4.15. The van der Waals surface area contributed by atoms with Gasteiger partial charge in [-0.05, 0) is 56.4 Å². The normalized spacial score (nSPS) is 24.0. The van der Waals surface area contributed by atoms with Crippen LogP contribution in [0.25, 0.3) is 0 Å². The van der Waals surface area contributed by atoms with Gasteiger partial charge in [0.2, 0.25) is 0 Å². The molecule has 2 aliphatic rings. The Morgan fingerprint density at radius 1 is 1.16 bits per heavy atom. The molecule has 1 aromatic heterocycles. The van der Waals surface area contributed by atoms with Gasteiger partial charge in [-0.15, -0.1) is 0 Å². The summed E-state index contributed by atoms with van der Waals surface area (Å²) in [7, 11) is 0. The number of nitrogens with one attached hydrogen (secondary N) is 3. The summed E-state index contributed by atoms with van der Waals surface area (Å²) in [6, 6.07) is 5.36. The van der Waals surface area contributed by atoms with E-state index in [1.165, 1.54) is 31.2 Å². The molecule has 1 aromatic carbocycles. The van der Waals surface area contributed by atoms with Gasteiger partial charge in [0.1, 0.15) is 5.56 Å². The fraction of sp³-hybridized carbons (Fsp3) is 0.476. The van der Waals surface area contributed by atoms with Crippen molar-refractivity contribution in [2.75, 3.05) is 5.32 Å². The first-order valence-corrected chi connectivity index (χ1v) is 10.3. The second kappa shape index (κ2) is 8.33. The molecule has 10 heteroatoms. The van der Waals surface area contributed by atoms with Crippen molar-refractivity contribution in [1.82, 2.24) is 15.1 Å². The van der Waals surface area contributed by atoms with Crippen molar-refractivity contribution in [2.45, 2.75) is 56.4 Å². The van der Waals surface area contributed by atoms with E-state index in [0.29, 0.717) is 17.8 Å². The van der Waals surface area contributed by atoms with Crippen LogP contribution in [-0.2, 0) is 6.18 Å². The zero-order valence-corrected chi connectivity index (χ0v) is 16.8. The first-order valence-electron chi connectivity index (χ1n) is 10.3. The lowest BCUT2D eigenvalue weighted by molar-refractivity contribution is -0.137. The van der Waals surface area contributed by atoms with E-state index >= 15 is 0 Å². The number of amides is 1. The summed E-state index contributed by atoms with van der Waals surface area (Å²) < 4.78 is 40.0. The van der Waals surface area contributed by atoms with Crippen LogP contribution in [0.1, 0.15) is 54.1 Å². The Bertz CT molecular complexity index is 951. The van der Waals surface area contributed by atoms with E-state index in [1.807, 2.05) is 0 Å². The number of alkyl halides is 3. The number of hydrogen-bond donors (Lipinski definition) is 4. The smallest absolute Gasteiger partial charge is 0.365 e. The minimum Gasteiger partial charge on any atom is -0.365 e. The monoisotopic (exact) mass is 434 g/mol. The highest BCUT2D eigenvalue weighted by Crippen LogP contribution is 2.36. The molecule has 2 aliphatic carbocycles. The number of carbonyl (C=O) groups is 1. The van der Waals surface area contributed by atoms with Crippen LogP contribution in [0.2, 0.25) is 0 Å². The molecule has 4 rings (SSSR count). The van der Waals surface area contributed by atoms with Gasteiger partial charge in [-0.25, -0.2) is 0 Å². The third-order valence-corrected chi connectivity index (χ3v) is 5.94. The number of rotatable bonds is 7. The summed E-state index contributed by atoms with van der Waals surface area (Å²) in [4.78, 5) is 12.0. The predicted molar refractivity (Wildman–Crippen MR) is 111 cm³/mol. The number of nitrogens with zero attached hydrogens (tertiary/aromatic N) is 2. The molecule has 1 heterocycles. The standard InChI is InChI=1S/C21H25F3N6O/c22-21(23,24)13-1-3-15(4-2-13)28-20-17(19(26)31)11-30(29-20)18-8-7-16(9-12(18)10-25)27-14-5-6-14/h1-4,10-12,14,16,18,25,27H,5-9H2,(H2,26,31)(H,28,29)/t12-,16-,18+/m1/s1. The Morgan fingerprint density at radius 3 is 2.42 bits per heavy atom. The lowest BCUT2D eigenvalue weighted by atomic mass is 9.82. The Morgan fingerprint density at radius 2 is 1.84 bits per heavy atom.